The van der Waals surface area contributed by atoms with Gasteiger partial charge in [0.15, 0.2) is 5.78 Å². The minimum absolute atomic E-state index is 0.0804. The standard InChI is InChI=1S/C20H14O2/c21-14-15-11-12-18(16-7-3-1-4-8-16)19(13-15)20(22)17-9-5-2-6-10-17/h1-14H. The Hall–Kier alpha value is -3.00. The van der Waals surface area contributed by atoms with E-state index in [2.05, 4.69) is 0 Å². The highest BCUT2D eigenvalue weighted by Gasteiger charge is 2.15. The van der Waals surface area contributed by atoms with Gasteiger partial charge < -0.3 is 0 Å². The van der Waals surface area contributed by atoms with Gasteiger partial charge in [-0.15, -0.1) is 0 Å². The molecule has 2 heteroatoms. The first-order valence-electron chi connectivity index (χ1n) is 7.04. The summed E-state index contributed by atoms with van der Waals surface area (Å²) in [5.74, 6) is -0.0804. The first-order valence-corrected chi connectivity index (χ1v) is 7.04. The van der Waals surface area contributed by atoms with Gasteiger partial charge in [-0.1, -0.05) is 72.8 Å². The molecule has 0 aromatic heterocycles. The lowest BCUT2D eigenvalue weighted by Crippen LogP contribution is -2.04. The van der Waals surface area contributed by atoms with Gasteiger partial charge in [0.2, 0.25) is 0 Å². The van der Waals surface area contributed by atoms with Crippen LogP contribution in [-0.2, 0) is 0 Å². The molecule has 3 aromatic carbocycles. The summed E-state index contributed by atoms with van der Waals surface area (Å²) in [5, 5.41) is 0. The second kappa shape index (κ2) is 6.19. The zero-order valence-electron chi connectivity index (χ0n) is 11.9. The van der Waals surface area contributed by atoms with Crippen LogP contribution in [0.15, 0.2) is 78.9 Å². The Morgan fingerprint density at radius 3 is 2.05 bits per heavy atom. The molecule has 106 valence electrons. The second-order valence-electron chi connectivity index (χ2n) is 4.98. The van der Waals surface area contributed by atoms with Crippen molar-refractivity contribution in [3.05, 3.63) is 95.6 Å². The van der Waals surface area contributed by atoms with Crippen LogP contribution in [0.2, 0.25) is 0 Å². The first kappa shape index (κ1) is 14.0. The number of carbonyl (C=O) groups is 2. The molecule has 0 bridgehead atoms. The molecule has 0 fully saturated rings. The maximum Gasteiger partial charge on any atom is 0.193 e. The fourth-order valence-electron chi connectivity index (χ4n) is 2.44. The van der Waals surface area contributed by atoms with E-state index in [9.17, 15) is 9.59 Å². The average molecular weight is 286 g/mol. The Morgan fingerprint density at radius 1 is 0.773 bits per heavy atom. The van der Waals surface area contributed by atoms with Gasteiger partial charge in [-0.25, -0.2) is 0 Å². The maximum absolute atomic E-state index is 12.8. The summed E-state index contributed by atoms with van der Waals surface area (Å²) in [6, 6.07) is 24.0. The number of ketones is 1. The second-order valence-corrected chi connectivity index (χ2v) is 4.98. The third kappa shape index (κ3) is 2.72. The predicted octanol–water partition coefficient (Wildman–Crippen LogP) is 4.40. The number of hydrogen-bond acceptors (Lipinski definition) is 2. The summed E-state index contributed by atoms with van der Waals surface area (Å²) in [5.41, 5.74) is 3.45. The van der Waals surface area contributed by atoms with Crippen molar-refractivity contribution in [3.63, 3.8) is 0 Å². The lowest BCUT2D eigenvalue weighted by atomic mass is 9.92. The maximum atomic E-state index is 12.8. The number of benzene rings is 3. The Balaban J connectivity index is 2.16. The minimum atomic E-state index is -0.0804. The minimum Gasteiger partial charge on any atom is -0.298 e. The molecule has 2 nitrogen and oxygen atoms in total. The summed E-state index contributed by atoms with van der Waals surface area (Å²) in [4.78, 5) is 23.8. The summed E-state index contributed by atoms with van der Waals surface area (Å²) < 4.78 is 0. The SMILES string of the molecule is O=Cc1ccc(-c2ccccc2)c(C(=O)c2ccccc2)c1. The smallest absolute Gasteiger partial charge is 0.193 e. The van der Waals surface area contributed by atoms with Gasteiger partial charge in [0.1, 0.15) is 6.29 Å². The zero-order valence-corrected chi connectivity index (χ0v) is 11.9. The van der Waals surface area contributed by atoms with Crippen LogP contribution in [0.1, 0.15) is 26.3 Å². The van der Waals surface area contributed by atoms with Gasteiger partial charge in [0, 0.05) is 16.7 Å². The highest BCUT2D eigenvalue weighted by molar-refractivity contribution is 6.13. The van der Waals surface area contributed by atoms with Crippen LogP contribution in [0, 0.1) is 0 Å². The summed E-state index contributed by atoms with van der Waals surface area (Å²) in [7, 11) is 0. The largest absolute Gasteiger partial charge is 0.298 e. The van der Waals surface area contributed by atoms with E-state index < -0.39 is 0 Å². The van der Waals surface area contributed by atoms with Crippen molar-refractivity contribution in [1.82, 2.24) is 0 Å². The molecule has 0 aliphatic carbocycles. The molecule has 0 aliphatic rings. The summed E-state index contributed by atoms with van der Waals surface area (Å²) >= 11 is 0. The molecule has 0 aliphatic heterocycles. The third-order valence-electron chi connectivity index (χ3n) is 3.55. The molecule has 0 saturated heterocycles. The summed E-state index contributed by atoms with van der Waals surface area (Å²) in [6.07, 6.45) is 0.760. The highest BCUT2D eigenvalue weighted by atomic mass is 16.1. The predicted molar refractivity (Wildman–Crippen MR) is 87.1 cm³/mol. The van der Waals surface area contributed by atoms with Gasteiger partial charge in [-0.2, -0.15) is 0 Å². The normalized spacial score (nSPS) is 10.2. The monoisotopic (exact) mass is 286 g/mol. The number of carbonyl (C=O) groups excluding carboxylic acids is 2. The van der Waals surface area contributed by atoms with Crippen molar-refractivity contribution >= 4 is 12.1 Å². The molecule has 0 unspecified atom stereocenters. The Bertz CT molecular complexity index is 806. The number of hydrogen-bond donors (Lipinski definition) is 0. The van der Waals surface area contributed by atoms with Crippen LogP contribution in [-0.4, -0.2) is 12.1 Å². The van der Waals surface area contributed by atoms with E-state index in [0.29, 0.717) is 16.7 Å². The van der Waals surface area contributed by atoms with Gasteiger partial charge in [-0.3, -0.25) is 9.59 Å². The Morgan fingerprint density at radius 2 is 1.41 bits per heavy atom. The first-order chi connectivity index (χ1) is 10.8. The molecule has 0 spiro atoms. The van der Waals surface area contributed by atoms with Gasteiger partial charge >= 0.3 is 0 Å². The van der Waals surface area contributed by atoms with Gasteiger partial charge in [-0.05, 0) is 17.2 Å². The molecule has 0 amide bonds. The molecule has 3 rings (SSSR count). The van der Waals surface area contributed by atoms with Gasteiger partial charge in [0.25, 0.3) is 0 Å². The van der Waals surface area contributed by atoms with Crippen LogP contribution < -0.4 is 0 Å². The van der Waals surface area contributed by atoms with Crippen LogP contribution in [0.5, 0.6) is 0 Å². The van der Waals surface area contributed by atoms with Gasteiger partial charge in [0.05, 0.1) is 0 Å². The third-order valence-corrected chi connectivity index (χ3v) is 3.55. The Labute approximate surface area is 129 Å². The van der Waals surface area contributed by atoms with Crippen molar-refractivity contribution < 1.29 is 9.59 Å². The average Bonchev–Trinajstić information content (AvgIpc) is 2.62. The fourth-order valence-corrected chi connectivity index (χ4v) is 2.44. The molecule has 0 N–H and O–H groups in total. The molecular formula is C20H14O2. The lowest BCUT2D eigenvalue weighted by molar-refractivity contribution is 0.103. The number of rotatable bonds is 4. The molecular weight excluding hydrogens is 272 g/mol. The van der Waals surface area contributed by atoms with Crippen molar-refractivity contribution in [3.8, 4) is 11.1 Å². The van der Waals surface area contributed by atoms with E-state index in [1.165, 1.54) is 0 Å². The topological polar surface area (TPSA) is 34.1 Å². The highest BCUT2D eigenvalue weighted by Crippen LogP contribution is 2.26. The van der Waals surface area contributed by atoms with Crippen LogP contribution in [0.25, 0.3) is 11.1 Å². The fraction of sp³-hybridized carbons (Fsp3) is 0. The van der Waals surface area contributed by atoms with E-state index >= 15 is 0 Å². The van der Waals surface area contributed by atoms with E-state index in [4.69, 9.17) is 0 Å². The summed E-state index contributed by atoms with van der Waals surface area (Å²) in [6.45, 7) is 0. The lowest BCUT2D eigenvalue weighted by Gasteiger charge is -2.10. The Kier molecular flexibility index (Phi) is 3.92. The van der Waals surface area contributed by atoms with Crippen LogP contribution in [0.3, 0.4) is 0 Å². The van der Waals surface area contributed by atoms with Crippen molar-refractivity contribution in [2.45, 2.75) is 0 Å². The quantitative estimate of drug-likeness (QED) is 0.526. The zero-order chi connectivity index (χ0) is 15.4. The molecule has 3 aromatic rings. The van der Waals surface area contributed by atoms with Crippen molar-refractivity contribution in [1.29, 1.82) is 0 Å². The van der Waals surface area contributed by atoms with E-state index in [-0.39, 0.29) is 5.78 Å². The molecule has 0 saturated carbocycles. The van der Waals surface area contributed by atoms with Crippen molar-refractivity contribution in [2.75, 3.05) is 0 Å². The van der Waals surface area contributed by atoms with E-state index in [1.54, 1.807) is 24.3 Å². The van der Waals surface area contributed by atoms with E-state index in [0.717, 1.165) is 17.4 Å². The number of aldehydes is 1. The molecule has 0 radical (unpaired) electrons. The molecule has 0 heterocycles. The van der Waals surface area contributed by atoms with Crippen LogP contribution >= 0.6 is 0 Å². The molecule has 0 atom stereocenters. The van der Waals surface area contributed by atoms with E-state index in [1.807, 2.05) is 54.6 Å². The van der Waals surface area contributed by atoms with Crippen molar-refractivity contribution in [2.24, 2.45) is 0 Å². The van der Waals surface area contributed by atoms with Crippen LogP contribution in [0.4, 0.5) is 0 Å². The molecule has 22 heavy (non-hydrogen) atoms.